The van der Waals surface area contributed by atoms with Gasteiger partial charge in [0.05, 0.1) is 11.1 Å². The molecule has 4 rings (SSSR count). The molecule has 3 aromatic carbocycles. The summed E-state index contributed by atoms with van der Waals surface area (Å²) in [5, 5.41) is 19.2. The first-order valence-electron chi connectivity index (χ1n) is 10.5. The summed E-state index contributed by atoms with van der Waals surface area (Å²) in [5.74, 6) is -0.404. The van der Waals surface area contributed by atoms with Gasteiger partial charge >= 0.3 is 0 Å². The standard InChI is InChI=1S/C26H21N5O2S/c27-16-20-8-1-3-11-23(20)34-24-12-4-2-10-22(24)26(33)28-17-19-7-5-9-21(15-19)30-25(32)18-31-14-6-13-29-31/h1-15H,17-18H2,(H,28,33)(H,30,32). The largest absolute Gasteiger partial charge is 0.348 e. The van der Waals surface area contributed by atoms with Crippen LogP contribution in [0.4, 0.5) is 5.69 Å². The molecule has 168 valence electrons. The van der Waals surface area contributed by atoms with Crippen LogP contribution in [0.2, 0.25) is 0 Å². The van der Waals surface area contributed by atoms with Crippen molar-refractivity contribution in [1.82, 2.24) is 15.1 Å². The third-order valence-corrected chi connectivity index (χ3v) is 6.04. The molecule has 0 saturated carbocycles. The first-order valence-corrected chi connectivity index (χ1v) is 11.3. The second-order valence-corrected chi connectivity index (χ2v) is 8.42. The van der Waals surface area contributed by atoms with Crippen LogP contribution >= 0.6 is 11.8 Å². The predicted molar refractivity (Wildman–Crippen MR) is 130 cm³/mol. The molecule has 0 spiro atoms. The van der Waals surface area contributed by atoms with Gasteiger partial charge in [0.2, 0.25) is 5.91 Å². The third kappa shape index (κ3) is 5.91. The fourth-order valence-corrected chi connectivity index (χ4v) is 4.31. The second kappa shape index (κ2) is 11.0. The highest BCUT2D eigenvalue weighted by Gasteiger charge is 2.13. The van der Waals surface area contributed by atoms with Gasteiger partial charge in [0.15, 0.2) is 0 Å². The van der Waals surface area contributed by atoms with E-state index >= 15 is 0 Å². The van der Waals surface area contributed by atoms with Gasteiger partial charge in [-0.05, 0) is 48.0 Å². The number of aromatic nitrogens is 2. The Balaban J connectivity index is 1.40. The minimum atomic E-state index is -0.217. The van der Waals surface area contributed by atoms with Gasteiger partial charge < -0.3 is 10.6 Å². The second-order valence-electron chi connectivity index (χ2n) is 7.34. The minimum absolute atomic E-state index is 0.122. The topological polar surface area (TPSA) is 99.8 Å². The van der Waals surface area contributed by atoms with Crippen LogP contribution in [-0.4, -0.2) is 21.6 Å². The number of nitriles is 1. The van der Waals surface area contributed by atoms with E-state index < -0.39 is 0 Å². The Bertz CT molecular complexity index is 1350. The fourth-order valence-electron chi connectivity index (χ4n) is 3.29. The average Bonchev–Trinajstić information content (AvgIpc) is 3.36. The molecule has 0 fully saturated rings. The molecule has 4 aromatic rings. The highest BCUT2D eigenvalue weighted by molar-refractivity contribution is 7.99. The Hall–Kier alpha value is -4.35. The predicted octanol–water partition coefficient (Wildman–Crippen LogP) is 4.47. The maximum absolute atomic E-state index is 13.0. The zero-order chi connectivity index (χ0) is 23.8. The summed E-state index contributed by atoms with van der Waals surface area (Å²) in [6.07, 6.45) is 3.34. The fraction of sp³-hybridized carbons (Fsp3) is 0.0769. The molecular formula is C26H21N5O2S. The molecule has 0 aliphatic carbocycles. The number of rotatable bonds is 8. The average molecular weight is 468 g/mol. The SMILES string of the molecule is N#Cc1ccccc1Sc1ccccc1C(=O)NCc1cccc(NC(=O)Cn2cccn2)c1. The smallest absolute Gasteiger partial charge is 0.252 e. The van der Waals surface area contributed by atoms with Crippen LogP contribution < -0.4 is 10.6 Å². The summed E-state index contributed by atoms with van der Waals surface area (Å²) in [6, 6.07) is 25.9. The molecular weight excluding hydrogens is 446 g/mol. The lowest BCUT2D eigenvalue weighted by Gasteiger charge is -2.12. The molecule has 34 heavy (non-hydrogen) atoms. The third-order valence-electron chi connectivity index (χ3n) is 4.89. The van der Waals surface area contributed by atoms with Gasteiger partial charge in [-0.15, -0.1) is 0 Å². The Morgan fingerprint density at radius 3 is 2.56 bits per heavy atom. The van der Waals surface area contributed by atoms with E-state index in [9.17, 15) is 14.9 Å². The molecule has 0 saturated heterocycles. The van der Waals surface area contributed by atoms with E-state index in [0.717, 1.165) is 15.4 Å². The summed E-state index contributed by atoms with van der Waals surface area (Å²) in [6.45, 7) is 0.423. The first-order chi connectivity index (χ1) is 16.6. The lowest BCUT2D eigenvalue weighted by atomic mass is 10.1. The Morgan fingerprint density at radius 2 is 1.76 bits per heavy atom. The van der Waals surface area contributed by atoms with Crippen LogP contribution in [0.25, 0.3) is 0 Å². The number of nitrogens with zero attached hydrogens (tertiary/aromatic N) is 3. The number of nitrogens with one attached hydrogen (secondary N) is 2. The molecule has 0 aliphatic rings. The van der Waals surface area contributed by atoms with Crippen LogP contribution in [-0.2, 0) is 17.9 Å². The van der Waals surface area contributed by atoms with Crippen molar-refractivity contribution in [2.75, 3.05) is 5.32 Å². The van der Waals surface area contributed by atoms with Gasteiger partial charge in [0.1, 0.15) is 12.6 Å². The Labute approximate surface area is 201 Å². The number of amides is 2. The number of carbonyl (C=O) groups is 2. The van der Waals surface area contributed by atoms with E-state index in [1.54, 1.807) is 41.3 Å². The van der Waals surface area contributed by atoms with E-state index in [1.807, 2.05) is 54.6 Å². The number of benzene rings is 3. The molecule has 0 atom stereocenters. The van der Waals surface area contributed by atoms with Gasteiger partial charge in [-0.25, -0.2) is 0 Å². The molecule has 7 nitrogen and oxygen atoms in total. The molecule has 0 unspecified atom stereocenters. The summed E-state index contributed by atoms with van der Waals surface area (Å²) >= 11 is 1.39. The van der Waals surface area contributed by atoms with Crippen molar-refractivity contribution in [3.63, 3.8) is 0 Å². The normalized spacial score (nSPS) is 10.3. The van der Waals surface area contributed by atoms with Crippen molar-refractivity contribution in [2.45, 2.75) is 22.9 Å². The lowest BCUT2D eigenvalue weighted by Crippen LogP contribution is -2.23. The maximum Gasteiger partial charge on any atom is 0.252 e. The monoisotopic (exact) mass is 467 g/mol. The molecule has 1 aromatic heterocycles. The van der Waals surface area contributed by atoms with Gasteiger partial charge in [-0.1, -0.05) is 48.2 Å². The van der Waals surface area contributed by atoms with Gasteiger partial charge in [-0.2, -0.15) is 10.4 Å². The Morgan fingerprint density at radius 1 is 0.971 bits per heavy atom. The molecule has 0 aliphatic heterocycles. The van der Waals surface area contributed by atoms with Gasteiger partial charge in [-0.3, -0.25) is 14.3 Å². The zero-order valence-electron chi connectivity index (χ0n) is 18.1. The van der Waals surface area contributed by atoms with Crippen molar-refractivity contribution in [3.8, 4) is 6.07 Å². The lowest BCUT2D eigenvalue weighted by molar-refractivity contribution is -0.116. The number of hydrogen-bond donors (Lipinski definition) is 2. The van der Waals surface area contributed by atoms with E-state index in [-0.39, 0.29) is 18.4 Å². The highest BCUT2D eigenvalue weighted by Crippen LogP contribution is 2.32. The molecule has 8 heteroatoms. The summed E-state index contributed by atoms with van der Waals surface area (Å²) < 4.78 is 1.55. The van der Waals surface area contributed by atoms with Crippen LogP contribution in [0.5, 0.6) is 0 Å². The molecule has 2 N–H and O–H groups in total. The van der Waals surface area contributed by atoms with Crippen molar-refractivity contribution in [2.24, 2.45) is 0 Å². The number of carbonyl (C=O) groups excluding carboxylic acids is 2. The number of anilines is 1. The van der Waals surface area contributed by atoms with Gasteiger partial charge in [0.25, 0.3) is 5.91 Å². The Kier molecular flexibility index (Phi) is 7.38. The molecule has 1 heterocycles. The summed E-state index contributed by atoms with van der Waals surface area (Å²) in [7, 11) is 0. The van der Waals surface area contributed by atoms with Crippen molar-refractivity contribution < 1.29 is 9.59 Å². The highest BCUT2D eigenvalue weighted by atomic mass is 32.2. The van der Waals surface area contributed by atoms with Crippen molar-refractivity contribution in [1.29, 1.82) is 5.26 Å². The van der Waals surface area contributed by atoms with Crippen LogP contribution in [0.15, 0.2) is 101 Å². The number of hydrogen-bond acceptors (Lipinski definition) is 5. The van der Waals surface area contributed by atoms with E-state index in [2.05, 4.69) is 21.8 Å². The van der Waals surface area contributed by atoms with E-state index in [4.69, 9.17) is 0 Å². The van der Waals surface area contributed by atoms with Crippen LogP contribution in [0.3, 0.4) is 0 Å². The molecule has 0 bridgehead atoms. The van der Waals surface area contributed by atoms with Crippen LogP contribution in [0.1, 0.15) is 21.5 Å². The van der Waals surface area contributed by atoms with Crippen LogP contribution in [0, 0.1) is 11.3 Å². The molecule has 0 radical (unpaired) electrons. The summed E-state index contributed by atoms with van der Waals surface area (Å²) in [4.78, 5) is 26.7. The minimum Gasteiger partial charge on any atom is -0.348 e. The quantitative estimate of drug-likeness (QED) is 0.398. The molecule has 2 amide bonds. The van der Waals surface area contributed by atoms with E-state index in [1.165, 1.54) is 11.8 Å². The summed E-state index contributed by atoms with van der Waals surface area (Å²) in [5.41, 5.74) is 2.59. The zero-order valence-corrected chi connectivity index (χ0v) is 19.0. The van der Waals surface area contributed by atoms with Gasteiger partial charge in [0, 0.05) is 34.4 Å². The first kappa shape index (κ1) is 22.8. The van der Waals surface area contributed by atoms with Crippen molar-refractivity contribution >= 4 is 29.3 Å². The maximum atomic E-state index is 13.0. The van der Waals surface area contributed by atoms with E-state index in [0.29, 0.717) is 23.4 Å². The van der Waals surface area contributed by atoms with Crippen molar-refractivity contribution in [3.05, 3.63) is 108 Å².